The van der Waals surface area contributed by atoms with Crippen LogP contribution in [0, 0.1) is 5.92 Å². The molecule has 0 radical (unpaired) electrons. The van der Waals surface area contributed by atoms with Gasteiger partial charge in [-0.15, -0.1) is 0 Å². The van der Waals surface area contributed by atoms with E-state index >= 15 is 0 Å². The summed E-state index contributed by atoms with van der Waals surface area (Å²) in [5.41, 5.74) is 0. The summed E-state index contributed by atoms with van der Waals surface area (Å²) in [6, 6.07) is 0. The number of hydrogen-bond donors (Lipinski definition) is 0. The monoisotopic (exact) mass is 212 g/mol. The molecule has 0 aromatic heterocycles. The van der Waals surface area contributed by atoms with E-state index in [1.807, 2.05) is 0 Å². The summed E-state index contributed by atoms with van der Waals surface area (Å²) in [5, 5.41) is -3.91. The SMILES string of the molecule is CC(C)CC(=O)CC(=O)C(F)(F)Cl. The fraction of sp³-hybridized carbons (Fsp3) is 0.750. The molecule has 0 fully saturated rings. The second-order valence-corrected chi connectivity index (χ2v) is 3.71. The van der Waals surface area contributed by atoms with Gasteiger partial charge in [0.25, 0.3) is 0 Å². The predicted molar refractivity (Wildman–Crippen MR) is 44.9 cm³/mol. The van der Waals surface area contributed by atoms with E-state index in [0.717, 1.165) is 0 Å². The molecule has 0 aliphatic rings. The molecular weight excluding hydrogens is 202 g/mol. The van der Waals surface area contributed by atoms with E-state index in [1.54, 1.807) is 13.8 Å². The molecule has 0 bridgehead atoms. The first kappa shape index (κ1) is 12.5. The van der Waals surface area contributed by atoms with E-state index in [9.17, 15) is 18.4 Å². The molecule has 5 heteroatoms. The van der Waals surface area contributed by atoms with Gasteiger partial charge in [0.1, 0.15) is 5.78 Å². The van der Waals surface area contributed by atoms with Crippen LogP contribution in [0.5, 0.6) is 0 Å². The average Bonchev–Trinajstić information content (AvgIpc) is 1.82. The Balaban J connectivity index is 4.01. The Kier molecular flexibility index (Phi) is 4.47. The van der Waals surface area contributed by atoms with Crippen molar-refractivity contribution in [2.24, 2.45) is 5.92 Å². The van der Waals surface area contributed by atoms with Crippen molar-refractivity contribution in [1.29, 1.82) is 0 Å². The minimum Gasteiger partial charge on any atom is -0.299 e. The van der Waals surface area contributed by atoms with Crippen LogP contribution in [0.15, 0.2) is 0 Å². The van der Waals surface area contributed by atoms with Gasteiger partial charge in [-0.1, -0.05) is 13.8 Å². The Morgan fingerprint density at radius 1 is 1.38 bits per heavy atom. The van der Waals surface area contributed by atoms with E-state index in [1.165, 1.54) is 0 Å². The van der Waals surface area contributed by atoms with Crippen LogP contribution < -0.4 is 0 Å². The zero-order valence-corrected chi connectivity index (χ0v) is 8.20. The van der Waals surface area contributed by atoms with Crippen LogP contribution in [0.1, 0.15) is 26.7 Å². The molecule has 0 atom stereocenters. The highest BCUT2D eigenvalue weighted by atomic mass is 35.5. The highest BCUT2D eigenvalue weighted by Gasteiger charge is 2.36. The number of carbonyl (C=O) groups excluding carboxylic acids is 2. The van der Waals surface area contributed by atoms with E-state index < -0.39 is 23.4 Å². The van der Waals surface area contributed by atoms with Gasteiger partial charge in [0.15, 0.2) is 0 Å². The summed E-state index contributed by atoms with van der Waals surface area (Å²) in [4.78, 5) is 21.5. The third-order valence-electron chi connectivity index (χ3n) is 1.31. The molecule has 0 aliphatic carbocycles. The van der Waals surface area contributed by atoms with Gasteiger partial charge in [0, 0.05) is 6.42 Å². The molecule has 0 unspecified atom stereocenters. The first-order valence-corrected chi connectivity index (χ1v) is 4.23. The maximum absolute atomic E-state index is 12.1. The molecule has 0 spiro atoms. The Labute approximate surface area is 80.3 Å². The first-order valence-electron chi connectivity index (χ1n) is 3.85. The lowest BCUT2D eigenvalue weighted by atomic mass is 10.0. The van der Waals surface area contributed by atoms with Crippen LogP contribution in [0.25, 0.3) is 0 Å². The van der Waals surface area contributed by atoms with E-state index in [2.05, 4.69) is 11.6 Å². The number of carbonyl (C=O) groups is 2. The molecule has 0 heterocycles. The average molecular weight is 213 g/mol. The Morgan fingerprint density at radius 2 is 1.85 bits per heavy atom. The fourth-order valence-corrected chi connectivity index (χ4v) is 0.874. The quantitative estimate of drug-likeness (QED) is 0.518. The topological polar surface area (TPSA) is 34.1 Å². The zero-order valence-electron chi connectivity index (χ0n) is 7.44. The molecule has 0 aromatic rings. The number of alkyl halides is 3. The van der Waals surface area contributed by atoms with Gasteiger partial charge >= 0.3 is 5.38 Å². The van der Waals surface area contributed by atoms with Crippen LogP contribution in [0.4, 0.5) is 8.78 Å². The van der Waals surface area contributed by atoms with Crippen molar-refractivity contribution in [3.63, 3.8) is 0 Å². The van der Waals surface area contributed by atoms with Gasteiger partial charge in [-0.25, -0.2) is 0 Å². The number of Topliss-reactive ketones (excluding diaryl/α,β-unsaturated/α-hetero) is 2. The van der Waals surface area contributed by atoms with Gasteiger partial charge in [-0.05, 0) is 17.5 Å². The summed E-state index contributed by atoms with van der Waals surface area (Å²) < 4.78 is 24.2. The van der Waals surface area contributed by atoms with Crippen LogP contribution >= 0.6 is 11.6 Å². The fourth-order valence-electron chi connectivity index (χ4n) is 0.807. The number of hydrogen-bond acceptors (Lipinski definition) is 2. The predicted octanol–water partition coefficient (Wildman–Crippen LogP) is 2.39. The van der Waals surface area contributed by atoms with Crippen LogP contribution in [-0.4, -0.2) is 16.9 Å². The second kappa shape index (κ2) is 4.65. The summed E-state index contributed by atoms with van der Waals surface area (Å²) in [7, 11) is 0. The molecule has 0 aromatic carbocycles. The van der Waals surface area contributed by atoms with Gasteiger partial charge in [-0.2, -0.15) is 8.78 Å². The Bertz CT molecular complexity index is 209. The third-order valence-corrected chi connectivity index (χ3v) is 1.52. The third kappa shape index (κ3) is 5.69. The number of halogens is 3. The molecule has 0 N–H and O–H groups in total. The number of ketones is 2. The highest BCUT2D eigenvalue weighted by molar-refractivity contribution is 6.33. The highest BCUT2D eigenvalue weighted by Crippen LogP contribution is 2.22. The van der Waals surface area contributed by atoms with Crippen molar-refractivity contribution in [3.8, 4) is 0 Å². The van der Waals surface area contributed by atoms with Crippen LogP contribution in [-0.2, 0) is 9.59 Å². The standard InChI is InChI=1S/C8H11ClF2O2/c1-5(2)3-6(12)4-7(13)8(9,10)11/h5H,3-4H2,1-2H3. The molecule has 0 saturated carbocycles. The minimum absolute atomic E-state index is 0.0595. The maximum Gasteiger partial charge on any atom is 0.380 e. The second-order valence-electron chi connectivity index (χ2n) is 3.23. The molecule has 76 valence electrons. The molecule has 0 amide bonds. The van der Waals surface area contributed by atoms with Crippen molar-refractivity contribution in [2.75, 3.05) is 0 Å². The maximum atomic E-state index is 12.1. The van der Waals surface area contributed by atoms with Gasteiger partial charge < -0.3 is 0 Å². The molecule has 2 nitrogen and oxygen atoms in total. The van der Waals surface area contributed by atoms with Gasteiger partial charge in [0.05, 0.1) is 6.42 Å². The smallest absolute Gasteiger partial charge is 0.299 e. The summed E-state index contributed by atoms with van der Waals surface area (Å²) in [6.45, 7) is 3.53. The lowest BCUT2D eigenvalue weighted by Gasteiger charge is -2.06. The molecule has 0 aliphatic heterocycles. The largest absolute Gasteiger partial charge is 0.380 e. The van der Waals surface area contributed by atoms with Crippen molar-refractivity contribution in [3.05, 3.63) is 0 Å². The Morgan fingerprint density at radius 3 is 2.15 bits per heavy atom. The van der Waals surface area contributed by atoms with Crippen molar-refractivity contribution in [2.45, 2.75) is 32.1 Å². The van der Waals surface area contributed by atoms with Crippen LogP contribution in [0.2, 0.25) is 0 Å². The Hall–Kier alpha value is -0.510. The summed E-state index contributed by atoms with van der Waals surface area (Å²) >= 11 is 4.43. The molecule has 0 saturated heterocycles. The van der Waals surface area contributed by atoms with Gasteiger partial charge in [-0.3, -0.25) is 9.59 Å². The van der Waals surface area contributed by atoms with E-state index in [0.29, 0.717) is 0 Å². The van der Waals surface area contributed by atoms with E-state index in [4.69, 9.17) is 0 Å². The minimum atomic E-state index is -3.91. The molecular formula is C8H11ClF2O2. The van der Waals surface area contributed by atoms with Crippen molar-refractivity contribution < 1.29 is 18.4 Å². The summed E-state index contributed by atoms with van der Waals surface area (Å²) in [6.07, 6.45) is -0.659. The first-order chi connectivity index (χ1) is 5.73. The molecule has 13 heavy (non-hydrogen) atoms. The van der Waals surface area contributed by atoms with Crippen molar-refractivity contribution in [1.82, 2.24) is 0 Å². The van der Waals surface area contributed by atoms with Crippen LogP contribution in [0.3, 0.4) is 0 Å². The lowest BCUT2D eigenvalue weighted by Crippen LogP contribution is -2.24. The normalized spacial score (nSPS) is 11.8. The summed E-state index contributed by atoms with van der Waals surface area (Å²) in [5.74, 6) is -1.97. The lowest BCUT2D eigenvalue weighted by molar-refractivity contribution is -0.137. The number of rotatable bonds is 5. The molecule has 0 rings (SSSR count). The van der Waals surface area contributed by atoms with Crippen molar-refractivity contribution >= 4 is 23.2 Å². The zero-order chi connectivity index (χ0) is 10.6. The van der Waals surface area contributed by atoms with Gasteiger partial charge in [0.2, 0.25) is 5.78 Å². The van der Waals surface area contributed by atoms with E-state index in [-0.39, 0.29) is 12.3 Å².